The lowest BCUT2D eigenvalue weighted by molar-refractivity contribution is -0.303. The first-order valence-electron chi connectivity index (χ1n) is 13.7. The quantitative estimate of drug-likeness (QED) is 0.206. The van der Waals surface area contributed by atoms with Crippen LogP contribution in [0.15, 0.2) is 76.0 Å². The van der Waals surface area contributed by atoms with E-state index in [1.807, 2.05) is 55.5 Å². The number of methoxy groups -OCH3 is 2. The summed E-state index contributed by atoms with van der Waals surface area (Å²) < 4.78 is 23.2. The van der Waals surface area contributed by atoms with E-state index in [4.69, 9.17) is 19.2 Å². The van der Waals surface area contributed by atoms with Gasteiger partial charge < -0.3 is 23.8 Å². The molecule has 0 aliphatic rings. The van der Waals surface area contributed by atoms with Crippen molar-refractivity contribution >= 4 is 0 Å². The Bertz CT molecular complexity index is 1740. The molecule has 2 heterocycles. The van der Waals surface area contributed by atoms with E-state index in [0.717, 1.165) is 23.1 Å². The number of rotatable bonds is 11. The molecule has 10 nitrogen and oxygen atoms in total. The van der Waals surface area contributed by atoms with Crippen LogP contribution in [-0.4, -0.2) is 33.9 Å². The zero-order valence-corrected chi connectivity index (χ0v) is 23.9. The number of nitrogens with zero attached hydrogens (tertiary/aromatic N) is 4. The Balaban J connectivity index is 1.49. The van der Waals surface area contributed by atoms with Crippen LogP contribution >= 0.6 is 0 Å². The molecule has 0 aliphatic heterocycles. The molecular formula is C32H31N4O6-. The SMILES string of the molecule is CCCc1nc(CC)c(Oc2ccc(OC)c(OC)c2)c(=O)n1Cc1ccc(-c2ccccc2-c2noc([O-])n2)cc1. The largest absolute Gasteiger partial charge is 0.528 e. The zero-order valence-electron chi connectivity index (χ0n) is 23.9. The van der Waals surface area contributed by atoms with Crippen LogP contribution in [0.2, 0.25) is 0 Å². The summed E-state index contributed by atoms with van der Waals surface area (Å²) in [5.41, 5.74) is 3.72. The normalized spacial score (nSPS) is 11.0. The van der Waals surface area contributed by atoms with Gasteiger partial charge >= 0.3 is 0 Å². The van der Waals surface area contributed by atoms with Crippen LogP contribution in [0.5, 0.6) is 29.1 Å². The summed E-state index contributed by atoms with van der Waals surface area (Å²) in [4.78, 5) is 22.6. The Kier molecular flexibility index (Phi) is 8.52. The number of ether oxygens (including phenoxy) is 3. The van der Waals surface area contributed by atoms with E-state index in [2.05, 4.69) is 21.6 Å². The maximum Gasteiger partial charge on any atom is 0.297 e. The predicted octanol–water partition coefficient (Wildman–Crippen LogP) is 5.41. The molecule has 42 heavy (non-hydrogen) atoms. The number of aromatic nitrogens is 4. The van der Waals surface area contributed by atoms with E-state index >= 15 is 0 Å². The van der Waals surface area contributed by atoms with E-state index < -0.39 is 6.08 Å². The molecule has 0 saturated carbocycles. The summed E-state index contributed by atoms with van der Waals surface area (Å²) in [6.45, 7) is 4.33. The summed E-state index contributed by atoms with van der Waals surface area (Å²) in [7, 11) is 3.11. The molecule has 3 aromatic carbocycles. The third-order valence-corrected chi connectivity index (χ3v) is 6.84. The highest BCUT2D eigenvalue weighted by Crippen LogP contribution is 2.34. The van der Waals surface area contributed by atoms with Crippen molar-refractivity contribution in [1.29, 1.82) is 0 Å². The Hall–Kier alpha value is -5.12. The van der Waals surface area contributed by atoms with Crippen LogP contribution < -0.4 is 24.9 Å². The van der Waals surface area contributed by atoms with Gasteiger partial charge in [0.1, 0.15) is 11.6 Å². The van der Waals surface area contributed by atoms with Gasteiger partial charge in [0.05, 0.1) is 26.5 Å². The summed E-state index contributed by atoms with van der Waals surface area (Å²) in [6.07, 6.45) is 1.29. The smallest absolute Gasteiger partial charge is 0.297 e. The molecule has 0 bridgehead atoms. The van der Waals surface area contributed by atoms with Crippen molar-refractivity contribution in [3.05, 3.63) is 94.2 Å². The maximum absolute atomic E-state index is 13.9. The topological polar surface area (TPSA) is 125 Å². The van der Waals surface area contributed by atoms with Gasteiger partial charge in [0.2, 0.25) is 5.75 Å². The van der Waals surface area contributed by atoms with Gasteiger partial charge in [-0.2, -0.15) is 5.16 Å². The maximum atomic E-state index is 13.9. The van der Waals surface area contributed by atoms with E-state index in [9.17, 15) is 9.90 Å². The van der Waals surface area contributed by atoms with Crippen molar-refractivity contribution in [2.24, 2.45) is 0 Å². The molecule has 2 aromatic heterocycles. The average molecular weight is 568 g/mol. The van der Waals surface area contributed by atoms with Crippen LogP contribution in [0.1, 0.15) is 37.4 Å². The molecule has 5 aromatic rings. The van der Waals surface area contributed by atoms with Crippen LogP contribution in [0, 0.1) is 0 Å². The van der Waals surface area contributed by atoms with E-state index in [1.165, 1.54) is 0 Å². The Morgan fingerprint density at radius 2 is 1.64 bits per heavy atom. The minimum absolute atomic E-state index is 0.188. The van der Waals surface area contributed by atoms with Crippen molar-refractivity contribution < 1.29 is 23.8 Å². The third-order valence-electron chi connectivity index (χ3n) is 6.84. The highest BCUT2D eigenvalue weighted by Gasteiger charge is 2.19. The zero-order chi connectivity index (χ0) is 29.6. The molecule has 0 saturated heterocycles. The number of hydrogen-bond donors (Lipinski definition) is 0. The lowest BCUT2D eigenvalue weighted by Gasteiger charge is -2.18. The fourth-order valence-corrected chi connectivity index (χ4v) is 4.77. The first-order valence-corrected chi connectivity index (χ1v) is 13.7. The van der Waals surface area contributed by atoms with Gasteiger partial charge in [0.25, 0.3) is 5.56 Å². The molecule has 10 heteroatoms. The monoisotopic (exact) mass is 567 g/mol. The second-order valence-electron chi connectivity index (χ2n) is 9.54. The first-order chi connectivity index (χ1) is 20.4. The van der Waals surface area contributed by atoms with Crippen molar-refractivity contribution in [3.63, 3.8) is 0 Å². The van der Waals surface area contributed by atoms with E-state index in [1.54, 1.807) is 37.0 Å². The van der Waals surface area contributed by atoms with Gasteiger partial charge in [-0.15, -0.1) is 0 Å². The molecule has 0 N–H and O–H groups in total. The highest BCUT2D eigenvalue weighted by molar-refractivity contribution is 5.80. The van der Waals surface area contributed by atoms with Crippen molar-refractivity contribution in [2.75, 3.05) is 14.2 Å². The second kappa shape index (κ2) is 12.6. The molecule has 0 unspecified atom stereocenters. The molecule has 0 spiro atoms. The molecular weight excluding hydrogens is 536 g/mol. The lowest BCUT2D eigenvalue weighted by atomic mass is 9.98. The Morgan fingerprint density at radius 3 is 2.29 bits per heavy atom. The molecule has 0 atom stereocenters. The van der Waals surface area contributed by atoms with E-state index in [-0.39, 0.29) is 17.1 Å². The minimum atomic E-state index is -0.736. The molecule has 0 radical (unpaired) electrons. The van der Waals surface area contributed by atoms with Gasteiger partial charge in [-0.3, -0.25) is 9.36 Å². The van der Waals surface area contributed by atoms with E-state index in [0.29, 0.717) is 53.7 Å². The summed E-state index contributed by atoms with van der Waals surface area (Å²) in [5.74, 6) is 2.64. The van der Waals surface area contributed by atoms with Gasteiger partial charge in [0.15, 0.2) is 23.4 Å². The summed E-state index contributed by atoms with van der Waals surface area (Å²) >= 11 is 0. The van der Waals surface area contributed by atoms with Crippen LogP contribution in [0.3, 0.4) is 0 Å². The standard InChI is InChI=1S/C32H32N4O6/c1-5-9-28-33-25(6-2)29(41-22-16-17-26(39-3)27(18-22)40-4)31(37)36(28)19-20-12-14-21(15-13-20)23-10-7-8-11-24(23)30-34-32(38)42-35-30/h7-8,10-18H,5-6,9,19H2,1-4H3,(H,34,35,38)/p-1. The van der Waals surface area contributed by atoms with Gasteiger partial charge in [-0.1, -0.05) is 62.4 Å². The van der Waals surface area contributed by atoms with Crippen molar-refractivity contribution in [2.45, 2.75) is 39.7 Å². The molecule has 0 fully saturated rings. The van der Waals surface area contributed by atoms with Crippen molar-refractivity contribution in [3.8, 4) is 51.6 Å². The van der Waals surface area contributed by atoms with Gasteiger partial charge in [-0.05, 0) is 41.7 Å². The number of aryl methyl sites for hydroxylation is 2. The molecule has 5 rings (SSSR count). The third kappa shape index (κ3) is 5.83. The Labute approximate surface area is 243 Å². The fraction of sp³-hybridized carbons (Fsp3) is 0.250. The molecule has 216 valence electrons. The summed E-state index contributed by atoms with van der Waals surface area (Å²) in [5, 5.41) is 15.2. The molecule has 0 amide bonds. The van der Waals surface area contributed by atoms with Crippen LogP contribution in [0.4, 0.5) is 0 Å². The summed E-state index contributed by atoms with van der Waals surface area (Å²) in [6, 6.07) is 20.5. The van der Waals surface area contributed by atoms with Gasteiger partial charge in [-0.25, -0.2) is 9.97 Å². The number of hydrogen-bond acceptors (Lipinski definition) is 9. The first kappa shape index (κ1) is 28.4. The molecule has 0 aliphatic carbocycles. The van der Waals surface area contributed by atoms with Crippen LogP contribution in [-0.2, 0) is 19.4 Å². The number of benzene rings is 3. The fourth-order valence-electron chi connectivity index (χ4n) is 4.77. The van der Waals surface area contributed by atoms with Crippen LogP contribution in [0.25, 0.3) is 22.5 Å². The lowest BCUT2D eigenvalue weighted by Crippen LogP contribution is -2.28. The van der Waals surface area contributed by atoms with Crippen molar-refractivity contribution in [1.82, 2.24) is 19.7 Å². The predicted molar refractivity (Wildman–Crippen MR) is 155 cm³/mol. The average Bonchev–Trinajstić information content (AvgIpc) is 3.46. The Morgan fingerprint density at radius 1 is 0.905 bits per heavy atom. The minimum Gasteiger partial charge on any atom is -0.528 e. The van der Waals surface area contributed by atoms with Gasteiger partial charge in [0, 0.05) is 18.1 Å². The highest BCUT2D eigenvalue weighted by atomic mass is 16.6. The second-order valence-corrected chi connectivity index (χ2v) is 9.54.